The van der Waals surface area contributed by atoms with Crippen molar-refractivity contribution < 1.29 is 9.13 Å². The Balaban J connectivity index is 1.72. The number of halogens is 1. The van der Waals surface area contributed by atoms with Crippen molar-refractivity contribution in [3.8, 4) is 5.75 Å². The highest BCUT2D eigenvalue weighted by molar-refractivity contribution is 5.37. The Bertz CT molecular complexity index is 638. The number of nitrogens with zero attached hydrogens (tertiary/aromatic N) is 2. The van der Waals surface area contributed by atoms with Crippen molar-refractivity contribution in [3.05, 3.63) is 47.3 Å². The van der Waals surface area contributed by atoms with Crippen LogP contribution in [-0.2, 0) is 19.5 Å². The Morgan fingerprint density at radius 1 is 1.48 bits per heavy atom. The number of imidazole rings is 1. The third-order valence-corrected chi connectivity index (χ3v) is 3.84. The van der Waals surface area contributed by atoms with Crippen molar-refractivity contribution in [2.45, 2.75) is 39.5 Å². The fourth-order valence-corrected chi connectivity index (χ4v) is 2.75. The Kier molecular flexibility index (Phi) is 3.92. The highest BCUT2D eigenvalue weighted by Gasteiger charge is 2.24. The molecule has 5 heteroatoms. The highest BCUT2D eigenvalue weighted by atomic mass is 19.1. The van der Waals surface area contributed by atoms with Gasteiger partial charge in [-0.05, 0) is 31.7 Å². The van der Waals surface area contributed by atoms with Gasteiger partial charge in [0.15, 0.2) is 0 Å². The number of aryl methyl sites for hydroxylation is 1. The number of fused-ring (bicyclic) bond motifs is 1. The first-order valence-electron chi connectivity index (χ1n) is 7.34. The van der Waals surface area contributed by atoms with Gasteiger partial charge >= 0.3 is 0 Å². The van der Waals surface area contributed by atoms with Crippen molar-refractivity contribution in [1.82, 2.24) is 14.9 Å². The molecule has 1 aliphatic heterocycles. The quantitative estimate of drug-likeness (QED) is 0.919. The summed E-state index contributed by atoms with van der Waals surface area (Å²) in [6.45, 7) is 6.54. The maximum atomic E-state index is 13.3. The van der Waals surface area contributed by atoms with E-state index in [9.17, 15) is 4.39 Å². The topological polar surface area (TPSA) is 39.1 Å². The molecule has 3 rings (SSSR count). The lowest BCUT2D eigenvalue weighted by Crippen LogP contribution is -2.24. The summed E-state index contributed by atoms with van der Waals surface area (Å²) in [7, 11) is 0. The van der Waals surface area contributed by atoms with Crippen LogP contribution in [0.25, 0.3) is 0 Å². The third kappa shape index (κ3) is 2.93. The minimum absolute atomic E-state index is 0.0371. The molecule has 0 saturated heterocycles. The first kappa shape index (κ1) is 14.1. The summed E-state index contributed by atoms with van der Waals surface area (Å²) in [5.74, 6) is 1.57. The van der Waals surface area contributed by atoms with E-state index in [1.165, 1.54) is 6.07 Å². The second kappa shape index (κ2) is 5.85. The molecule has 2 heterocycles. The Morgan fingerprint density at radius 3 is 3.14 bits per heavy atom. The van der Waals surface area contributed by atoms with E-state index in [1.807, 2.05) is 13.1 Å². The van der Waals surface area contributed by atoms with Gasteiger partial charge in [0.05, 0.1) is 12.2 Å². The van der Waals surface area contributed by atoms with Crippen LogP contribution in [0.5, 0.6) is 5.75 Å². The van der Waals surface area contributed by atoms with Crippen LogP contribution >= 0.6 is 0 Å². The van der Waals surface area contributed by atoms with Crippen molar-refractivity contribution in [1.29, 1.82) is 0 Å². The second-order valence-electron chi connectivity index (χ2n) is 5.38. The molecular formula is C16H20FN3O. The lowest BCUT2D eigenvalue weighted by molar-refractivity contribution is 0.206. The Labute approximate surface area is 124 Å². The normalized spacial score (nSPS) is 16.8. The van der Waals surface area contributed by atoms with E-state index in [-0.39, 0.29) is 11.9 Å². The predicted octanol–water partition coefficient (Wildman–Crippen LogP) is 2.44. The van der Waals surface area contributed by atoms with Gasteiger partial charge in [-0.1, -0.05) is 6.92 Å². The number of rotatable bonds is 5. The van der Waals surface area contributed by atoms with E-state index in [1.54, 1.807) is 12.1 Å². The number of nitrogens with one attached hydrogen (secondary N) is 1. The zero-order chi connectivity index (χ0) is 14.8. The lowest BCUT2D eigenvalue weighted by Gasteiger charge is -2.15. The van der Waals surface area contributed by atoms with Gasteiger partial charge < -0.3 is 14.6 Å². The summed E-state index contributed by atoms with van der Waals surface area (Å²) in [5.41, 5.74) is 2.10. The van der Waals surface area contributed by atoms with E-state index in [0.717, 1.165) is 48.9 Å². The molecule has 0 aliphatic carbocycles. The molecule has 112 valence electrons. The maximum Gasteiger partial charge on any atom is 0.123 e. The molecule has 4 nitrogen and oxygen atoms in total. The van der Waals surface area contributed by atoms with Gasteiger partial charge in [0, 0.05) is 24.7 Å². The molecule has 21 heavy (non-hydrogen) atoms. The van der Waals surface area contributed by atoms with Crippen LogP contribution in [0.15, 0.2) is 24.4 Å². The van der Waals surface area contributed by atoms with Gasteiger partial charge in [-0.25, -0.2) is 9.37 Å². The smallest absolute Gasteiger partial charge is 0.123 e. The van der Waals surface area contributed by atoms with Gasteiger partial charge in [-0.15, -0.1) is 0 Å². The minimum atomic E-state index is -0.204. The van der Waals surface area contributed by atoms with E-state index < -0.39 is 0 Å². The monoisotopic (exact) mass is 289 g/mol. The van der Waals surface area contributed by atoms with Gasteiger partial charge in [0.25, 0.3) is 0 Å². The van der Waals surface area contributed by atoms with Crippen LogP contribution in [0.4, 0.5) is 4.39 Å². The van der Waals surface area contributed by atoms with Crippen LogP contribution in [-0.4, -0.2) is 22.2 Å². The van der Waals surface area contributed by atoms with E-state index in [0.29, 0.717) is 0 Å². The lowest BCUT2D eigenvalue weighted by atomic mass is 10.1. The molecule has 1 atom stereocenters. The number of aromatic nitrogens is 2. The van der Waals surface area contributed by atoms with Gasteiger partial charge in [0.2, 0.25) is 0 Å². The summed E-state index contributed by atoms with van der Waals surface area (Å²) < 4.78 is 21.3. The van der Waals surface area contributed by atoms with Crippen molar-refractivity contribution in [2.75, 3.05) is 6.54 Å². The summed E-state index contributed by atoms with van der Waals surface area (Å²) >= 11 is 0. The third-order valence-electron chi connectivity index (χ3n) is 3.84. The Hall–Kier alpha value is -1.88. The van der Waals surface area contributed by atoms with Crippen LogP contribution < -0.4 is 10.1 Å². The molecule has 1 aromatic heterocycles. The maximum absolute atomic E-state index is 13.3. The van der Waals surface area contributed by atoms with Crippen molar-refractivity contribution in [3.63, 3.8) is 0 Å². The molecule has 1 aromatic carbocycles. The molecule has 1 aliphatic rings. The minimum Gasteiger partial charge on any atom is -0.488 e. The van der Waals surface area contributed by atoms with Gasteiger partial charge in [0.1, 0.15) is 23.5 Å². The molecule has 0 bridgehead atoms. The second-order valence-corrected chi connectivity index (χ2v) is 5.38. The summed E-state index contributed by atoms with van der Waals surface area (Å²) in [6, 6.07) is 4.72. The first-order chi connectivity index (χ1) is 10.2. The molecule has 2 aromatic rings. The first-order valence-corrected chi connectivity index (χ1v) is 7.34. The summed E-state index contributed by atoms with van der Waals surface area (Å²) in [4.78, 5) is 4.38. The average Bonchev–Trinajstić information content (AvgIpc) is 3.01. The van der Waals surface area contributed by atoms with Crippen molar-refractivity contribution >= 4 is 0 Å². The molecule has 0 amide bonds. The molecular weight excluding hydrogens is 269 g/mol. The fraction of sp³-hybridized carbons (Fsp3) is 0.438. The van der Waals surface area contributed by atoms with Crippen LogP contribution in [0.3, 0.4) is 0 Å². The standard InChI is InChI=1S/C16H20FN3O/c1-3-18-8-14-9-19-11(2)20(14)10-15-7-12-6-13(17)4-5-16(12)21-15/h4-6,9,15,18H,3,7-8,10H2,1-2H3. The summed E-state index contributed by atoms with van der Waals surface area (Å²) in [6.07, 6.45) is 2.68. The molecule has 0 radical (unpaired) electrons. The zero-order valence-corrected chi connectivity index (χ0v) is 12.4. The molecule has 0 spiro atoms. The van der Waals surface area contributed by atoms with Crippen LogP contribution in [0, 0.1) is 12.7 Å². The van der Waals surface area contributed by atoms with E-state index >= 15 is 0 Å². The van der Waals surface area contributed by atoms with Crippen LogP contribution in [0.2, 0.25) is 0 Å². The molecule has 0 fully saturated rings. The van der Waals surface area contributed by atoms with Gasteiger partial charge in [-0.2, -0.15) is 0 Å². The SMILES string of the molecule is CCNCc1cnc(C)n1CC1Cc2cc(F)ccc2O1. The molecule has 0 saturated carbocycles. The largest absolute Gasteiger partial charge is 0.488 e. The number of ether oxygens (including phenoxy) is 1. The number of hydrogen-bond acceptors (Lipinski definition) is 3. The Morgan fingerprint density at radius 2 is 2.33 bits per heavy atom. The average molecular weight is 289 g/mol. The number of benzene rings is 1. The predicted molar refractivity (Wildman–Crippen MR) is 78.9 cm³/mol. The van der Waals surface area contributed by atoms with Gasteiger partial charge in [-0.3, -0.25) is 0 Å². The van der Waals surface area contributed by atoms with Crippen LogP contribution in [0.1, 0.15) is 24.0 Å². The summed E-state index contributed by atoms with van der Waals surface area (Å²) in [5, 5.41) is 3.32. The fourth-order valence-electron chi connectivity index (χ4n) is 2.75. The highest BCUT2D eigenvalue weighted by Crippen LogP contribution is 2.30. The number of hydrogen-bond donors (Lipinski definition) is 1. The van der Waals surface area contributed by atoms with Crippen molar-refractivity contribution in [2.24, 2.45) is 0 Å². The van der Waals surface area contributed by atoms with E-state index in [4.69, 9.17) is 4.74 Å². The molecule has 1 N–H and O–H groups in total. The molecule has 1 unspecified atom stereocenters. The van der Waals surface area contributed by atoms with E-state index in [2.05, 4.69) is 21.8 Å². The zero-order valence-electron chi connectivity index (χ0n) is 12.4.